The first-order chi connectivity index (χ1) is 27.7. The molecular formula is C46H81O10P. The number of hydrogen-bond acceptors (Lipinski definition) is 9. The van der Waals surface area contributed by atoms with Gasteiger partial charge in [-0.3, -0.25) is 18.6 Å². The number of aliphatic hydroxyl groups excluding tert-OH is 2. The molecule has 3 N–H and O–H groups in total. The molecule has 0 bridgehead atoms. The van der Waals surface area contributed by atoms with Gasteiger partial charge in [0.1, 0.15) is 12.7 Å². The van der Waals surface area contributed by atoms with Crippen LogP contribution in [-0.2, 0) is 32.7 Å². The van der Waals surface area contributed by atoms with Gasteiger partial charge in [-0.2, -0.15) is 0 Å². The van der Waals surface area contributed by atoms with Gasteiger partial charge in [-0.25, -0.2) is 4.57 Å². The molecule has 0 radical (unpaired) electrons. The summed E-state index contributed by atoms with van der Waals surface area (Å²) < 4.78 is 32.7. The number of carbonyl (C=O) groups excluding carboxylic acids is 2. The molecule has 57 heavy (non-hydrogen) atoms. The molecule has 0 aliphatic rings. The molecule has 0 aliphatic carbocycles. The van der Waals surface area contributed by atoms with E-state index < -0.39 is 51.8 Å². The number of phosphoric ester groups is 1. The Bertz CT molecular complexity index is 1130. The highest BCUT2D eigenvalue weighted by Crippen LogP contribution is 2.43. The second kappa shape index (κ2) is 41.8. The van der Waals surface area contributed by atoms with Crippen LogP contribution in [0, 0.1) is 0 Å². The Morgan fingerprint density at radius 3 is 1.46 bits per heavy atom. The highest BCUT2D eigenvalue weighted by atomic mass is 31.2. The monoisotopic (exact) mass is 825 g/mol. The third kappa shape index (κ3) is 41.6. The average Bonchev–Trinajstić information content (AvgIpc) is 3.20. The Morgan fingerprint density at radius 1 is 0.544 bits per heavy atom. The summed E-state index contributed by atoms with van der Waals surface area (Å²) in [5, 5.41) is 18.3. The second-order valence-electron chi connectivity index (χ2n) is 14.7. The zero-order valence-electron chi connectivity index (χ0n) is 35.8. The molecule has 0 rings (SSSR count). The predicted octanol–water partition coefficient (Wildman–Crippen LogP) is 11.9. The lowest BCUT2D eigenvalue weighted by Crippen LogP contribution is -2.29. The van der Waals surface area contributed by atoms with Crippen molar-refractivity contribution >= 4 is 19.8 Å². The van der Waals surface area contributed by atoms with Crippen LogP contribution in [0.2, 0.25) is 0 Å². The number of ether oxygens (including phenoxy) is 2. The van der Waals surface area contributed by atoms with Crippen molar-refractivity contribution in [2.24, 2.45) is 0 Å². The van der Waals surface area contributed by atoms with Gasteiger partial charge in [0.2, 0.25) is 0 Å². The van der Waals surface area contributed by atoms with E-state index in [1.54, 1.807) is 0 Å². The highest BCUT2D eigenvalue weighted by molar-refractivity contribution is 7.47. The van der Waals surface area contributed by atoms with Gasteiger partial charge in [0.15, 0.2) is 6.10 Å². The molecule has 0 aliphatic heterocycles. The summed E-state index contributed by atoms with van der Waals surface area (Å²) in [4.78, 5) is 35.0. The zero-order chi connectivity index (χ0) is 41.9. The summed E-state index contributed by atoms with van der Waals surface area (Å²) in [5.74, 6) is -0.961. The normalized spacial score (nSPS) is 14.4. The summed E-state index contributed by atoms with van der Waals surface area (Å²) in [6.07, 6.45) is 46.1. The molecule has 0 saturated heterocycles. The fourth-order valence-corrected chi connectivity index (χ4v) is 6.57. The minimum absolute atomic E-state index is 0.144. The summed E-state index contributed by atoms with van der Waals surface area (Å²) in [6.45, 7) is 2.23. The van der Waals surface area contributed by atoms with Crippen molar-refractivity contribution < 1.29 is 47.8 Å². The van der Waals surface area contributed by atoms with Crippen molar-refractivity contribution in [2.45, 2.75) is 193 Å². The molecule has 0 saturated carbocycles. The van der Waals surface area contributed by atoms with Crippen molar-refractivity contribution in [1.29, 1.82) is 0 Å². The maximum Gasteiger partial charge on any atom is 0.472 e. The molecule has 0 aromatic heterocycles. The number of aliphatic hydroxyl groups is 2. The lowest BCUT2D eigenvalue weighted by Gasteiger charge is -2.20. The minimum atomic E-state index is -4.63. The molecule has 3 atom stereocenters. The van der Waals surface area contributed by atoms with Gasteiger partial charge in [-0.1, -0.05) is 171 Å². The average molecular weight is 825 g/mol. The number of rotatable bonds is 41. The van der Waals surface area contributed by atoms with Gasteiger partial charge in [-0.05, 0) is 57.8 Å². The van der Waals surface area contributed by atoms with Crippen molar-refractivity contribution in [3.05, 3.63) is 60.8 Å². The zero-order valence-corrected chi connectivity index (χ0v) is 36.7. The number of allylic oxidation sites excluding steroid dienone is 10. The van der Waals surface area contributed by atoms with Crippen LogP contribution in [0.25, 0.3) is 0 Å². The standard InChI is InChI=1S/C46H81O10P/c1-3-5-7-9-11-13-15-17-19-20-21-22-24-26-28-30-32-34-36-38-46(50)56-44(42-55-57(51,52)54-40-43(48)39-47)41-53-45(49)37-35-33-31-29-27-25-23-18-16-14-12-10-8-6-4-2/h5,7,11,13,17,19,21-22,26,28,43-44,47-48H,3-4,6,8-10,12,14-16,18,20,23-25,27,29-42H2,1-2H3,(H,51,52)/t43-,44+/m0/s1. The molecule has 11 heteroatoms. The Kier molecular flexibility index (Phi) is 40.1. The molecule has 0 fully saturated rings. The Morgan fingerprint density at radius 2 is 0.965 bits per heavy atom. The Labute approximate surface area is 346 Å². The molecule has 0 heterocycles. The predicted molar refractivity (Wildman–Crippen MR) is 233 cm³/mol. The maximum absolute atomic E-state index is 12.6. The lowest BCUT2D eigenvalue weighted by atomic mass is 10.0. The fourth-order valence-electron chi connectivity index (χ4n) is 5.78. The van der Waals surface area contributed by atoms with E-state index in [0.29, 0.717) is 12.8 Å². The van der Waals surface area contributed by atoms with Gasteiger partial charge in [-0.15, -0.1) is 0 Å². The fraction of sp³-hybridized carbons (Fsp3) is 0.739. The molecule has 0 aromatic carbocycles. The van der Waals surface area contributed by atoms with Crippen LogP contribution in [0.5, 0.6) is 0 Å². The molecule has 0 aromatic rings. The number of carbonyl (C=O) groups is 2. The van der Waals surface area contributed by atoms with Gasteiger partial charge in [0.25, 0.3) is 0 Å². The molecular weight excluding hydrogens is 743 g/mol. The van der Waals surface area contributed by atoms with Crippen LogP contribution in [0.15, 0.2) is 60.8 Å². The molecule has 0 amide bonds. The van der Waals surface area contributed by atoms with Crippen LogP contribution >= 0.6 is 7.82 Å². The number of hydrogen-bond donors (Lipinski definition) is 3. The summed E-state index contributed by atoms with van der Waals surface area (Å²) in [5.41, 5.74) is 0. The van der Waals surface area contributed by atoms with Crippen molar-refractivity contribution in [2.75, 3.05) is 26.4 Å². The van der Waals surface area contributed by atoms with E-state index in [1.807, 2.05) is 0 Å². The third-order valence-corrected chi connectivity index (χ3v) is 10.1. The smallest absolute Gasteiger partial charge is 0.462 e. The van der Waals surface area contributed by atoms with Crippen LogP contribution in [-0.4, -0.2) is 65.7 Å². The first kappa shape index (κ1) is 54.7. The number of unbranched alkanes of at least 4 members (excludes halogenated alkanes) is 17. The van der Waals surface area contributed by atoms with E-state index in [1.165, 1.54) is 70.6 Å². The van der Waals surface area contributed by atoms with Gasteiger partial charge >= 0.3 is 19.8 Å². The number of esters is 2. The molecule has 1 unspecified atom stereocenters. The van der Waals surface area contributed by atoms with Crippen LogP contribution < -0.4 is 0 Å². The first-order valence-electron chi connectivity index (χ1n) is 22.2. The van der Waals surface area contributed by atoms with E-state index in [4.69, 9.17) is 19.1 Å². The van der Waals surface area contributed by atoms with Gasteiger partial charge in [0, 0.05) is 12.8 Å². The third-order valence-electron chi connectivity index (χ3n) is 9.19. The molecule has 0 spiro atoms. The van der Waals surface area contributed by atoms with E-state index >= 15 is 0 Å². The summed E-state index contributed by atoms with van der Waals surface area (Å²) >= 11 is 0. The van der Waals surface area contributed by atoms with E-state index in [0.717, 1.165) is 70.6 Å². The van der Waals surface area contributed by atoms with E-state index in [9.17, 15) is 24.2 Å². The van der Waals surface area contributed by atoms with E-state index in [-0.39, 0.29) is 19.4 Å². The number of phosphoric acid groups is 1. The first-order valence-corrected chi connectivity index (χ1v) is 23.7. The van der Waals surface area contributed by atoms with Crippen LogP contribution in [0.4, 0.5) is 0 Å². The molecule has 330 valence electrons. The second-order valence-corrected chi connectivity index (χ2v) is 16.2. The van der Waals surface area contributed by atoms with Crippen LogP contribution in [0.3, 0.4) is 0 Å². The Hall–Kier alpha value is -2.33. The van der Waals surface area contributed by atoms with Gasteiger partial charge in [0.05, 0.1) is 19.8 Å². The molecule has 10 nitrogen and oxygen atoms in total. The minimum Gasteiger partial charge on any atom is -0.462 e. The Balaban J connectivity index is 4.35. The van der Waals surface area contributed by atoms with Crippen molar-refractivity contribution in [3.63, 3.8) is 0 Å². The van der Waals surface area contributed by atoms with Crippen molar-refractivity contribution in [1.82, 2.24) is 0 Å². The highest BCUT2D eigenvalue weighted by Gasteiger charge is 2.27. The lowest BCUT2D eigenvalue weighted by molar-refractivity contribution is -0.161. The van der Waals surface area contributed by atoms with E-state index in [2.05, 4.69) is 79.1 Å². The summed E-state index contributed by atoms with van der Waals surface area (Å²) in [6, 6.07) is 0. The SMILES string of the molecule is CCC=CCC=CCC=CCC=CCC=CCCCCCC(=O)O[C@H](COC(=O)CCCCCCCCCCCCCCCCC)COP(=O)(O)OC[C@@H](O)CO. The summed E-state index contributed by atoms with van der Waals surface area (Å²) in [7, 11) is -4.63. The largest absolute Gasteiger partial charge is 0.472 e. The van der Waals surface area contributed by atoms with Gasteiger partial charge < -0.3 is 24.6 Å². The quantitative estimate of drug-likeness (QED) is 0.0235. The van der Waals surface area contributed by atoms with Crippen LogP contribution in [0.1, 0.15) is 181 Å². The van der Waals surface area contributed by atoms with Crippen molar-refractivity contribution in [3.8, 4) is 0 Å². The topological polar surface area (TPSA) is 149 Å². The maximum atomic E-state index is 12.6.